The van der Waals surface area contributed by atoms with Crippen molar-refractivity contribution in [2.24, 2.45) is 5.10 Å². The van der Waals surface area contributed by atoms with Gasteiger partial charge >= 0.3 is 12.0 Å². The van der Waals surface area contributed by atoms with E-state index in [1.165, 1.54) is 18.9 Å². The molecule has 1 aliphatic heterocycles. The van der Waals surface area contributed by atoms with E-state index in [-0.39, 0.29) is 24.5 Å². The molecule has 0 spiro atoms. The zero-order valence-corrected chi connectivity index (χ0v) is 27.6. The number of carbonyl (C=O) groups is 3. The van der Waals surface area contributed by atoms with Crippen LogP contribution in [0.1, 0.15) is 42.1 Å². The lowest BCUT2D eigenvalue weighted by Crippen LogP contribution is -2.45. The van der Waals surface area contributed by atoms with Crippen LogP contribution in [0.4, 0.5) is 4.79 Å². The first-order chi connectivity index (χ1) is 22.1. The molecule has 1 heterocycles. The smallest absolute Gasteiger partial charge is 0.338 e. The predicted molar refractivity (Wildman–Crippen MR) is 174 cm³/mol. The molecule has 1 aliphatic rings. The topological polar surface area (TPSA) is 146 Å². The van der Waals surface area contributed by atoms with Gasteiger partial charge in [-0.25, -0.2) is 15.0 Å². The first kappa shape index (κ1) is 33.8. The number of amides is 3. The number of rotatable bonds is 13. The van der Waals surface area contributed by atoms with Gasteiger partial charge in [-0.05, 0) is 72.1 Å². The predicted octanol–water partition coefficient (Wildman–Crippen LogP) is 5.07. The summed E-state index contributed by atoms with van der Waals surface area (Å²) in [4.78, 5) is 37.3. The van der Waals surface area contributed by atoms with E-state index in [4.69, 9.17) is 23.7 Å². The number of allylic oxidation sites excluding steroid dienone is 1. The number of nitrogens with zero attached hydrogens (tertiary/aromatic N) is 1. The summed E-state index contributed by atoms with van der Waals surface area (Å²) in [5.74, 6) is 0.557. The van der Waals surface area contributed by atoms with E-state index in [1.807, 2.05) is 31.2 Å². The van der Waals surface area contributed by atoms with Crippen LogP contribution in [-0.2, 0) is 20.9 Å². The van der Waals surface area contributed by atoms with E-state index >= 15 is 0 Å². The Morgan fingerprint density at radius 3 is 2.37 bits per heavy atom. The molecule has 0 aromatic heterocycles. The van der Waals surface area contributed by atoms with Gasteiger partial charge in [0, 0.05) is 15.7 Å². The molecule has 13 heteroatoms. The van der Waals surface area contributed by atoms with Crippen molar-refractivity contribution in [3.05, 3.63) is 92.6 Å². The Balaban J connectivity index is 1.37. The second-order valence-electron chi connectivity index (χ2n) is 10.1. The first-order valence-electron chi connectivity index (χ1n) is 14.3. The Hall–Kier alpha value is -5.04. The van der Waals surface area contributed by atoms with Crippen LogP contribution in [0.3, 0.4) is 0 Å². The summed E-state index contributed by atoms with van der Waals surface area (Å²) in [6.07, 6.45) is 1.47. The zero-order chi connectivity index (χ0) is 33.2. The van der Waals surface area contributed by atoms with Gasteiger partial charge in [0.25, 0.3) is 5.91 Å². The SMILES string of the molecule is CCOC(=O)C1=C(C)NC(=O)N[C@@H]1c1ccc(OCC(=O)N/N=C\c2cc(OC)c(OCc3ccc(C)cc3)cc2Br)c(OC)c1. The molecule has 0 saturated heterocycles. The number of esters is 1. The maximum Gasteiger partial charge on any atom is 0.338 e. The fourth-order valence-electron chi connectivity index (χ4n) is 4.52. The van der Waals surface area contributed by atoms with Crippen LogP contribution < -0.4 is 35.0 Å². The highest BCUT2D eigenvalue weighted by molar-refractivity contribution is 9.10. The Morgan fingerprint density at radius 2 is 1.67 bits per heavy atom. The second kappa shape index (κ2) is 15.8. The molecule has 1 atom stereocenters. The van der Waals surface area contributed by atoms with Gasteiger partial charge in [0.15, 0.2) is 29.6 Å². The molecule has 3 aromatic rings. The number of methoxy groups -OCH3 is 2. The molecule has 3 amide bonds. The summed E-state index contributed by atoms with van der Waals surface area (Å²) in [7, 11) is 2.98. The molecule has 0 radical (unpaired) electrons. The maximum atomic E-state index is 12.6. The third kappa shape index (κ3) is 8.57. The van der Waals surface area contributed by atoms with Gasteiger partial charge in [-0.2, -0.15) is 5.10 Å². The molecule has 242 valence electrons. The number of hydrogen-bond acceptors (Lipinski definition) is 9. The van der Waals surface area contributed by atoms with Crippen molar-refractivity contribution >= 4 is 40.1 Å². The number of urea groups is 1. The normalized spacial score (nSPS) is 14.3. The van der Waals surface area contributed by atoms with Crippen molar-refractivity contribution in [3.8, 4) is 23.0 Å². The number of ether oxygens (including phenoxy) is 5. The summed E-state index contributed by atoms with van der Waals surface area (Å²) >= 11 is 3.52. The molecular formula is C33H35BrN4O8. The van der Waals surface area contributed by atoms with E-state index in [0.29, 0.717) is 45.2 Å². The number of hydrogen-bond donors (Lipinski definition) is 3. The highest BCUT2D eigenvalue weighted by Crippen LogP contribution is 2.35. The minimum absolute atomic E-state index is 0.181. The van der Waals surface area contributed by atoms with Crippen molar-refractivity contribution in [2.45, 2.75) is 33.4 Å². The summed E-state index contributed by atoms with van der Waals surface area (Å²) < 4.78 is 28.5. The van der Waals surface area contributed by atoms with Crippen molar-refractivity contribution < 1.29 is 38.1 Å². The Kier molecular flexibility index (Phi) is 11.6. The summed E-state index contributed by atoms with van der Waals surface area (Å²) in [5.41, 5.74) is 6.49. The second-order valence-corrected chi connectivity index (χ2v) is 10.9. The van der Waals surface area contributed by atoms with E-state index in [0.717, 1.165) is 5.56 Å². The van der Waals surface area contributed by atoms with Crippen LogP contribution in [-0.4, -0.2) is 51.6 Å². The quantitative estimate of drug-likeness (QED) is 0.128. The number of aryl methyl sites for hydroxylation is 1. The summed E-state index contributed by atoms with van der Waals surface area (Å²) in [6.45, 7) is 5.55. The number of hydrazone groups is 1. The van der Waals surface area contributed by atoms with Crippen LogP contribution >= 0.6 is 15.9 Å². The number of benzene rings is 3. The van der Waals surface area contributed by atoms with Gasteiger partial charge < -0.3 is 34.3 Å². The van der Waals surface area contributed by atoms with Crippen LogP contribution in [0.2, 0.25) is 0 Å². The van der Waals surface area contributed by atoms with Gasteiger partial charge in [0.1, 0.15) is 6.61 Å². The highest BCUT2D eigenvalue weighted by atomic mass is 79.9. The lowest BCUT2D eigenvalue weighted by atomic mass is 9.95. The lowest BCUT2D eigenvalue weighted by Gasteiger charge is -2.28. The molecule has 0 unspecified atom stereocenters. The first-order valence-corrected chi connectivity index (χ1v) is 15.1. The fourth-order valence-corrected chi connectivity index (χ4v) is 4.95. The van der Waals surface area contributed by atoms with E-state index in [2.05, 4.69) is 37.1 Å². The highest BCUT2D eigenvalue weighted by Gasteiger charge is 2.32. The minimum Gasteiger partial charge on any atom is -0.493 e. The lowest BCUT2D eigenvalue weighted by molar-refractivity contribution is -0.139. The average Bonchev–Trinajstić information content (AvgIpc) is 3.03. The number of nitrogens with one attached hydrogen (secondary N) is 3. The van der Waals surface area contributed by atoms with Gasteiger partial charge in [-0.3, -0.25) is 4.79 Å². The minimum atomic E-state index is -0.778. The van der Waals surface area contributed by atoms with Gasteiger partial charge in [0.05, 0.1) is 38.7 Å². The molecular weight excluding hydrogens is 660 g/mol. The molecule has 12 nitrogen and oxygen atoms in total. The molecule has 46 heavy (non-hydrogen) atoms. The van der Waals surface area contributed by atoms with Gasteiger partial charge in [-0.1, -0.05) is 35.9 Å². The number of carbonyl (C=O) groups excluding carboxylic acids is 3. The van der Waals surface area contributed by atoms with Gasteiger partial charge in [-0.15, -0.1) is 0 Å². The molecule has 3 aromatic carbocycles. The van der Waals surface area contributed by atoms with Crippen molar-refractivity contribution in [1.29, 1.82) is 0 Å². The largest absolute Gasteiger partial charge is 0.493 e. The Bertz CT molecular complexity index is 1660. The third-order valence-electron chi connectivity index (χ3n) is 6.84. The van der Waals surface area contributed by atoms with Crippen LogP contribution in [0.25, 0.3) is 0 Å². The Labute approximate surface area is 275 Å². The molecule has 3 N–H and O–H groups in total. The van der Waals surface area contributed by atoms with Crippen molar-refractivity contribution in [1.82, 2.24) is 16.1 Å². The van der Waals surface area contributed by atoms with Crippen molar-refractivity contribution in [2.75, 3.05) is 27.4 Å². The van der Waals surface area contributed by atoms with E-state index in [9.17, 15) is 14.4 Å². The summed E-state index contributed by atoms with van der Waals surface area (Å²) in [5, 5.41) is 9.37. The number of halogens is 1. The molecule has 0 aliphatic carbocycles. The monoisotopic (exact) mass is 694 g/mol. The van der Waals surface area contributed by atoms with Crippen molar-refractivity contribution in [3.63, 3.8) is 0 Å². The van der Waals surface area contributed by atoms with Gasteiger partial charge in [0.2, 0.25) is 0 Å². The molecule has 0 bridgehead atoms. The average molecular weight is 696 g/mol. The molecule has 0 saturated carbocycles. The third-order valence-corrected chi connectivity index (χ3v) is 7.52. The maximum absolute atomic E-state index is 12.6. The Morgan fingerprint density at radius 1 is 0.957 bits per heavy atom. The molecule has 0 fully saturated rings. The molecule has 4 rings (SSSR count). The van der Waals surface area contributed by atoms with E-state index in [1.54, 1.807) is 51.3 Å². The standard InChI is InChI=1S/C33H35BrN4O8/c1-6-44-32(40)30-20(3)36-33(41)37-31(30)22-11-12-25(26(13-22)42-4)46-18-29(39)38-35-16-23-14-27(43-5)28(15-24(23)34)45-17-21-9-7-19(2)8-10-21/h7-16,31H,6,17-18H2,1-5H3,(H,38,39)(H2,36,37,41)/b35-16-/t31-/m1/s1. The van der Waals surface area contributed by atoms with Crippen LogP contribution in [0.5, 0.6) is 23.0 Å². The fraction of sp³-hybridized carbons (Fsp3) is 0.273. The van der Waals surface area contributed by atoms with Crippen LogP contribution in [0, 0.1) is 6.92 Å². The van der Waals surface area contributed by atoms with Crippen LogP contribution in [0.15, 0.2) is 75.4 Å². The zero-order valence-electron chi connectivity index (χ0n) is 26.1. The summed E-state index contributed by atoms with van der Waals surface area (Å²) in [6, 6.07) is 15.2. The van der Waals surface area contributed by atoms with E-state index < -0.39 is 23.9 Å².